The monoisotopic (exact) mass is 502 g/mol. The number of benzene rings is 3. The smallest absolute Gasteiger partial charge is 0.255 e. The van der Waals surface area contributed by atoms with Crippen molar-refractivity contribution >= 4 is 35.0 Å². The van der Waals surface area contributed by atoms with E-state index in [0.29, 0.717) is 29.4 Å². The molecule has 6 heteroatoms. The molecule has 3 aromatic carbocycles. The third-order valence-corrected chi connectivity index (χ3v) is 7.47. The fourth-order valence-corrected chi connectivity index (χ4v) is 5.58. The first-order valence-electron chi connectivity index (χ1n) is 12.8. The lowest BCUT2D eigenvalue weighted by Gasteiger charge is -2.26. The Morgan fingerprint density at radius 3 is 2.58 bits per heavy atom. The van der Waals surface area contributed by atoms with Gasteiger partial charge in [-0.15, -0.1) is 11.8 Å². The van der Waals surface area contributed by atoms with E-state index in [1.807, 2.05) is 79.7 Å². The zero-order valence-corrected chi connectivity index (χ0v) is 21.9. The molecule has 1 aliphatic heterocycles. The number of thioether (sulfide) groups is 1. The highest BCUT2D eigenvalue weighted by Gasteiger charge is 2.35. The summed E-state index contributed by atoms with van der Waals surface area (Å²) in [6.45, 7) is 4.67. The molecule has 0 spiro atoms. The van der Waals surface area contributed by atoms with Crippen molar-refractivity contribution in [2.24, 2.45) is 0 Å². The van der Waals surface area contributed by atoms with Gasteiger partial charge in [-0.25, -0.2) is 0 Å². The van der Waals surface area contributed by atoms with E-state index in [9.17, 15) is 9.59 Å². The summed E-state index contributed by atoms with van der Waals surface area (Å²) in [7, 11) is 0. The molecule has 0 saturated carbocycles. The van der Waals surface area contributed by atoms with Gasteiger partial charge in [-0.3, -0.25) is 14.5 Å². The first-order valence-corrected chi connectivity index (χ1v) is 13.8. The van der Waals surface area contributed by atoms with E-state index in [1.165, 1.54) is 31.2 Å². The van der Waals surface area contributed by atoms with Gasteiger partial charge in [0.05, 0.1) is 18.0 Å². The van der Waals surface area contributed by atoms with Gasteiger partial charge in [-0.2, -0.15) is 0 Å². The number of nitrogens with zero attached hydrogens (tertiary/aromatic N) is 1. The molecule has 5 nitrogen and oxygen atoms in total. The first kappa shape index (κ1) is 25.8. The van der Waals surface area contributed by atoms with Gasteiger partial charge < -0.3 is 10.1 Å². The third kappa shape index (κ3) is 6.30. The Hall–Kier alpha value is -3.25. The van der Waals surface area contributed by atoms with Crippen LogP contribution < -0.4 is 15.0 Å². The summed E-state index contributed by atoms with van der Waals surface area (Å²) in [6.07, 6.45) is 5.97. The maximum atomic E-state index is 12.9. The average Bonchev–Trinajstić information content (AvgIpc) is 3.29. The van der Waals surface area contributed by atoms with Crippen LogP contribution in [-0.4, -0.2) is 24.2 Å². The van der Waals surface area contributed by atoms with E-state index in [0.717, 1.165) is 17.7 Å². The zero-order valence-electron chi connectivity index (χ0n) is 21.0. The van der Waals surface area contributed by atoms with Gasteiger partial charge in [0.15, 0.2) is 0 Å². The van der Waals surface area contributed by atoms with Gasteiger partial charge in [0.25, 0.3) is 5.91 Å². The standard InChI is InChI=1S/C30H34N2O3S/c1-3-5-6-7-11-22-16-18-23(19-17-22)29(34)31-25-13-10-12-24(20-25)30-32(28(33)21-36-30)26-14-8-9-15-27(26)35-4-2/h8-10,12-20,30H,3-7,11,21H2,1-2H3,(H,31,34)/t30-/m0/s1. The molecule has 0 unspecified atom stereocenters. The Balaban J connectivity index is 1.46. The number of rotatable bonds is 11. The van der Waals surface area contributed by atoms with Crippen molar-refractivity contribution < 1.29 is 14.3 Å². The number of hydrogen-bond acceptors (Lipinski definition) is 4. The lowest BCUT2D eigenvalue weighted by molar-refractivity contribution is -0.115. The van der Waals surface area contributed by atoms with Gasteiger partial charge in [0, 0.05) is 11.3 Å². The summed E-state index contributed by atoms with van der Waals surface area (Å²) in [5.41, 5.74) is 4.33. The van der Waals surface area contributed by atoms with Crippen molar-refractivity contribution in [1.29, 1.82) is 0 Å². The minimum absolute atomic E-state index is 0.0429. The Labute approximate surface area is 218 Å². The SMILES string of the molecule is CCCCCCc1ccc(C(=O)Nc2cccc([C@@H]3SCC(=O)N3c3ccccc3OCC)c2)cc1. The number of carbonyl (C=O) groups excluding carboxylic acids is 2. The Bertz CT molecular complexity index is 1180. The van der Waals surface area contributed by atoms with Crippen LogP contribution in [0.1, 0.15) is 66.4 Å². The van der Waals surface area contributed by atoms with Crippen LogP contribution in [0, 0.1) is 0 Å². The predicted molar refractivity (Wildman–Crippen MR) is 149 cm³/mol. The minimum Gasteiger partial charge on any atom is -0.492 e. The molecule has 3 aromatic rings. The van der Waals surface area contributed by atoms with Gasteiger partial charge in [0.1, 0.15) is 11.1 Å². The molecular weight excluding hydrogens is 468 g/mol. The average molecular weight is 503 g/mol. The fraction of sp³-hybridized carbons (Fsp3) is 0.333. The van der Waals surface area contributed by atoms with E-state index >= 15 is 0 Å². The minimum atomic E-state index is -0.192. The number of amides is 2. The maximum Gasteiger partial charge on any atom is 0.255 e. The third-order valence-electron chi connectivity index (χ3n) is 6.26. The van der Waals surface area contributed by atoms with Crippen molar-refractivity contribution in [3.8, 4) is 5.75 Å². The van der Waals surface area contributed by atoms with Crippen LogP contribution in [0.2, 0.25) is 0 Å². The summed E-state index contributed by atoms with van der Waals surface area (Å²) in [4.78, 5) is 27.6. The summed E-state index contributed by atoms with van der Waals surface area (Å²) in [5, 5.41) is 2.83. The van der Waals surface area contributed by atoms with E-state index in [1.54, 1.807) is 16.7 Å². The van der Waals surface area contributed by atoms with Crippen LogP contribution >= 0.6 is 11.8 Å². The molecule has 1 heterocycles. The molecule has 0 bridgehead atoms. The van der Waals surface area contributed by atoms with E-state index in [4.69, 9.17) is 4.74 Å². The maximum absolute atomic E-state index is 12.9. The quantitative estimate of drug-likeness (QED) is 0.281. The van der Waals surface area contributed by atoms with Crippen molar-refractivity contribution in [3.63, 3.8) is 0 Å². The number of nitrogens with one attached hydrogen (secondary N) is 1. The van der Waals surface area contributed by atoms with E-state index < -0.39 is 0 Å². The number of aryl methyl sites for hydroxylation is 1. The molecule has 1 N–H and O–H groups in total. The van der Waals surface area contributed by atoms with Gasteiger partial charge in [-0.1, -0.05) is 62.6 Å². The first-order chi connectivity index (χ1) is 17.6. The van der Waals surface area contributed by atoms with Crippen LogP contribution in [0.3, 0.4) is 0 Å². The molecule has 0 radical (unpaired) electrons. The van der Waals surface area contributed by atoms with Crippen molar-refractivity contribution in [2.75, 3.05) is 22.6 Å². The van der Waals surface area contributed by atoms with Gasteiger partial charge in [-0.05, 0) is 67.3 Å². The molecule has 2 amide bonds. The van der Waals surface area contributed by atoms with Crippen LogP contribution in [-0.2, 0) is 11.2 Å². The summed E-state index contributed by atoms with van der Waals surface area (Å²) in [5.74, 6) is 0.992. The number of carbonyl (C=O) groups is 2. The van der Waals surface area contributed by atoms with Crippen LogP contribution in [0.4, 0.5) is 11.4 Å². The predicted octanol–water partition coefficient (Wildman–Crippen LogP) is 7.24. The second kappa shape index (κ2) is 12.6. The molecule has 1 saturated heterocycles. The summed E-state index contributed by atoms with van der Waals surface area (Å²) < 4.78 is 5.79. The number of hydrogen-bond donors (Lipinski definition) is 1. The molecule has 1 atom stereocenters. The van der Waals surface area contributed by atoms with Crippen molar-refractivity contribution in [1.82, 2.24) is 0 Å². The molecule has 188 valence electrons. The van der Waals surface area contributed by atoms with E-state index in [-0.39, 0.29) is 17.2 Å². The number of ether oxygens (including phenoxy) is 1. The second-order valence-electron chi connectivity index (χ2n) is 8.92. The molecule has 0 aliphatic carbocycles. The van der Waals surface area contributed by atoms with Crippen LogP contribution in [0.5, 0.6) is 5.75 Å². The van der Waals surface area contributed by atoms with E-state index in [2.05, 4.69) is 12.2 Å². The normalized spacial score (nSPS) is 15.2. The molecular formula is C30H34N2O3S. The second-order valence-corrected chi connectivity index (χ2v) is 9.98. The Kier molecular flexibility index (Phi) is 9.06. The Morgan fingerprint density at radius 1 is 1.00 bits per heavy atom. The highest BCUT2D eigenvalue weighted by atomic mass is 32.2. The van der Waals surface area contributed by atoms with Crippen molar-refractivity contribution in [3.05, 3.63) is 89.5 Å². The molecule has 1 aliphatic rings. The fourth-order valence-electron chi connectivity index (χ4n) is 4.42. The van der Waals surface area contributed by atoms with Crippen LogP contribution in [0.25, 0.3) is 0 Å². The highest BCUT2D eigenvalue weighted by Crippen LogP contribution is 2.45. The number of para-hydroxylation sites is 2. The molecule has 1 fully saturated rings. The lowest BCUT2D eigenvalue weighted by atomic mass is 10.0. The zero-order chi connectivity index (χ0) is 25.3. The molecule has 4 rings (SSSR count). The van der Waals surface area contributed by atoms with Crippen LogP contribution in [0.15, 0.2) is 72.8 Å². The molecule has 36 heavy (non-hydrogen) atoms. The van der Waals surface area contributed by atoms with Gasteiger partial charge >= 0.3 is 0 Å². The van der Waals surface area contributed by atoms with Gasteiger partial charge in [0.2, 0.25) is 5.91 Å². The lowest BCUT2D eigenvalue weighted by Crippen LogP contribution is -2.28. The highest BCUT2D eigenvalue weighted by molar-refractivity contribution is 8.00. The molecule has 0 aromatic heterocycles. The number of unbranched alkanes of at least 4 members (excludes halogenated alkanes) is 3. The Morgan fingerprint density at radius 2 is 1.81 bits per heavy atom. The topological polar surface area (TPSA) is 58.6 Å². The summed E-state index contributed by atoms with van der Waals surface area (Å²) >= 11 is 1.58. The number of anilines is 2. The van der Waals surface area contributed by atoms with Crippen molar-refractivity contribution in [2.45, 2.75) is 51.3 Å². The largest absolute Gasteiger partial charge is 0.492 e. The summed E-state index contributed by atoms with van der Waals surface area (Å²) in [6, 6.07) is 23.3.